The SMILES string of the molecule is CC1CC(Nc2nc(N)nc3cccc(F)c23)CO1. The topological polar surface area (TPSA) is 73.1 Å². The van der Waals surface area contributed by atoms with Gasteiger partial charge < -0.3 is 15.8 Å². The molecule has 2 unspecified atom stereocenters. The molecule has 1 saturated heterocycles. The van der Waals surface area contributed by atoms with Crippen molar-refractivity contribution in [3.8, 4) is 0 Å². The predicted octanol–water partition coefficient (Wildman–Crippen LogP) is 1.94. The maximum absolute atomic E-state index is 13.9. The Kier molecular flexibility index (Phi) is 2.94. The number of nitrogens with zero attached hydrogens (tertiary/aromatic N) is 2. The first kappa shape index (κ1) is 12.1. The van der Waals surface area contributed by atoms with Crippen LogP contribution in [0.15, 0.2) is 18.2 Å². The maximum Gasteiger partial charge on any atom is 0.222 e. The van der Waals surface area contributed by atoms with E-state index in [0.29, 0.717) is 23.3 Å². The molecule has 2 aromatic rings. The third-order valence-electron chi connectivity index (χ3n) is 3.23. The van der Waals surface area contributed by atoms with E-state index in [1.807, 2.05) is 6.92 Å². The summed E-state index contributed by atoms with van der Waals surface area (Å²) in [6.45, 7) is 2.59. The van der Waals surface area contributed by atoms with Crippen molar-refractivity contribution in [3.63, 3.8) is 0 Å². The van der Waals surface area contributed by atoms with E-state index in [1.165, 1.54) is 6.07 Å². The van der Waals surface area contributed by atoms with Gasteiger partial charge in [-0.2, -0.15) is 4.98 Å². The molecular weight excluding hydrogens is 247 g/mol. The molecule has 1 fully saturated rings. The van der Waals surface area contributed by atoms with Gasteiger partial charge in [-0.25, -0.2) is 9.37 Å². The minimum atomic E-state index is -0.355. The predicted molar refractivity (Wildman–Crippen MR) is 71.4 cm³/mol. The van der Waals surface area contributed by atoms with Crippen LogP contribution in [-0.4, -0.2) is 28.7 Å². The maximum atomic E-state index is 13.9. The molecule has 0 aliphatic carbocycles. The summed E-state index contributed by atoms with van der Waals surface area (Å²) in [5, 5.41) is 3.57. The fourth-order valence-electron chi connectivity index (χ4n) is 2.37. The molecule has 0 radical (unpaired) electrons. The van der Waals surface area contributed by atoms with Gasteiger partial charge in [-0.15, -0.1) is 0 Å². The molecule has 2 heterocycles. The molecule has 3 N–H and O–H groups in total. The van der Waals surface area contributed by atoms with Crippen molar-refractivity contribution in [2.75, 3.05) is 17.7 Å². The number of rotatable bonds is 2. The Balaban J connectivity index is 2.02. The highest BCUT2D eigenvalue weighted by atomic mass is 19.1. The Labute approximate surface area is 110 Å². The van der Waals surface area contributed by atoms with E-state index < -0.39 is 0 Å². The average Bonchev–Trinajstić information content (AvgIpc) is 2.74. The van der Waals surface area contributed by atoms with E-state index >= 15 is 0 Å². The van der Waals surface area contributed by atoms with Crippen molar-refractivity contribution in [2.45, 2.75) is 25.5 Å². The molecule has 0 spiro atoms. The second-order valence-electron chi connectivity index (χ2n) is 4.79. The van der Waals surface area contributed by atoms with Gasteiger partial charge >= 0.3 is 0 Å². The van der Waals surface area contributed by atoms with Gasteiger partial charge in [0.15, 0.2) is 0 Å². The molecule has 6 heteroatoms. The third-order valence-corrected chi connectivity index (χ3v) is 3.23. The summed E-state index contributed by atoms with van der Waals surface area (Å²) < 4.78 is 19.4. The lowest BCUT2D eigenvalue weighted by molar-refractivity contribution is 0.124. The summed E-state index contributed by atoms with van der Waals surface area (Å²) in [4.78, 5) is 8.15. The number of nitrogen functional groups attached to an aromatic ring is 1. The molecule has 19 heavy (non-hydrogen) atoms. The number of aromatic nitrogens is 2. The summed E-state index contributed by atoms with van der Waals surface area (Å²) in [5.74, 6) is 0.211. The van der Waals surface area contributed by atoms with Gasteiger partial charge in [0.1, 0.15) is 11.6 Å². The van der Waals surface area contributed by atoms with Gasteiger partial charge in [0.25, 0.3) is 0 Å². The zero-order chi connectivity index (χ0) is 13.4. The van der Waals surface area contributed by atoms with Crippen LogP contribution in [0.5, 0.6) is 0 Å². The molecule has 100 valence electrons. The highest BCUT2D eigenvalue weighted by molar-refractivity contribution is 5.90. The van der Waals surface area contributed by atoms with Crippen LogP contribution in [0.1, 0.15) is 13.3 Å². The monoisotopic (exact) mass is 262 g/mol. The second kappa shape index (κ2) is 4.62. The summed E-state index contributed by atoms with van der Waals surface area (Å²) >= 11 is 0. The van der Waals surface area contributed by atoms with Crippen molar-refractivity contribution in [3.05, 3.63) is 24.0 Å². The molecular formula is C13H15FN4O. The third kappa shape index (κ3) is 2.31. The molecule has 2 atom stereocenters. The Morgan fingerprint density at radius 3 is 3.00 bits per heavy atom. The van der Waals surface area contributed by atoms with Crippen LogP contribution in [0, 0.1) is 5.82 Å². The molecule has 0 amide bonds. The number of anilines is 2. The number of halogens is 1. The summed E-state index contributed by atoms with van der Waals surface area (Å²) in [6.07, 6.45) is 1.06. The molecule has 1 aliphatic heterocycles. The van der Waals surface area contributed by atoms with Crippen LogP contribution in [-0.2, 0) is 4.74 Å². The van der Waals surface area contributed by atoms with Gasteiger partial charge in [0.2, 0.25) is 5.95 Å². The Morgan fingerprint density at radius 1 is 1.42 bits per heavy atom. The first-order valence-electron chi connectivity index (χ1n) is 6.23. The van der Waals surface area contributed by atoms with E-state index in [-0.39, 0.29) is 23.9 Å². The zero-order valence-corrected chi connectivity index (χ0v) is 10.6. The lowest BCUT2D eigenvalue weighted by Crippen LogP contribution is -2.21. The highest BCUT2D eigenvalue weighted by Crippen LogP contribution is 2.26. The van der Waals surface area contributed by atoms with Crippen LogP contribution in [0.2, 0.25) is 0 Å². The highest BCUT2D eigenvalue weighted by Gasteiger charge is 2.23. The molecule has 1 aliphatic rings. The molecule has 0 saturated carbocycles. The van der Waals surface area contributed by atoms with E-state index in [1.54, 1.807) is 12.1 Å². The number of hydrogen-bond acceptors (Lipinski definition) is 5. The second-order valence-corrected chi connectivity index (χ2v) is 4.79. The van der Waals surface area contributed by atoms with Crippen LogP contribution in [0.25, 0.3) is 10.9 Å². The van der Waals surface area contributed by atoms with Gasteiger partial charge in [-0.3, -0.25) is 0 Å². The fraction of sp³-hybridized carbons (Fsp3) is 0.385. The van der Waals surface area contributed by atoms with Gasteiger partial charge in [-0.1, -0.05) is 6.07 Å². The van der Waals surface area contributed by atoms with E-state index in [4.69, 9.17) is 10.5 Å². The quantitative estimate of drug-likeness (QED) is 0.865. The smallest absolute Gasteiger partial charge is 0.222 e. The minimum absolute atomic E-state index is 0.118. The van der Waals surface area contributed by atoms with Gasteiger partial charge in [0, 0.05) is 0 Å². The van der Waals surface area contributed by atoms with Crippen molar-refractivity contribution >= 4 is 22.7 Å². The van der Waals surface area contributed by atoms with E-state index in [0.717, 1.165) is 6.42 Å². The Morgan fingerprint density at radius 2 is 2.26 bits per heavy atom. The minimum Gasteiger partial charge on any atom is -0.376 e. The average molecular weight is 262 g/mol. The standard InChI is InChI=1S/C13H15FN4O/c1-7-5-8(6-19-7)16-12-11-9(14)3-2-4-10(11)17-13(15)18-12/h2-4,7-8H,5-6H2,1H3,(H3,15,16,17,18). The van der Waals surface area contributed by atoms with Gasteiger partial charge in [0.05, 0.1) is 29.7 Å². The van der Waals surface area contributed by atoms with E-state index in [2.05, 4.69) is 15.3 Å². The summed E-state index contributed by atoms with van der Waals surface area (Å²) in [5.41, 5.74) is 6.16. The largest absolute Gasteiger partial charge is 0.376 e. The molecule has 5 nitrogen and oxygen atoms in total. The van der Waals surface area contributed by atoms with Gasteiger partial charge in [-0.05, 0) is 25.5 Å². The first-order chi connectivity index (χ1) is 9.13. The van der Waals surface area contributed by atoms with Crippen LogP contribution < -0.4 is 11.1 Å². The molecule has 0 bridgehead atoms. The number of fused-ring (bicyclic) bond motifs is 1. The first-order valence-corrected chi connectivity index (χ1v) is 6.23. The Hall–Kier alpha value is -1.95. The van der Waals surface area contributed by atoms with E-state index in [9.17, 15) is 4.39 Å². The van der Waals surface area contributed by atoms with Crippen molar-refractivity contribution in [2.24, 2.45) is 0 Å². The normalized spacial score (nSPS) is 22.8. The van der Waals surface area contributed by atoms with Crippen molar-refractivity contribution in [1.82, 2.24) is 9.97 Å². The van der Waals surface area contributed by atoms with Crippen LogP contribution in [0.3, 0.4) is 0 Å². The number of nitrogens with one attached hydrogen (secondary N) is 1. The number of benzene rings is 1. The van der Waals surface area contributed by atoms with Crippen LogP contribution >= 0.6 is 0 Å². The number of hydrogen-bond donors (Lipinski definition) is 2. The summed E-state index contributed by atoms with van der Waals surface area (Å²) in [7, 11) is 0. The molecule has 1 aromatic heterocycles. The van der Waals surface area contributed by atoms with Crippen molar-refractivity contribution < 1.29 is 9.13 Å². The van der Waals surface area contributed by atoms with Crippen LogP contribution in [0.4, 0.5) is 16.2 Å². The molecule has 3 rings (SSSR count). The van der Waals surface area contributed by atoms with Crippen molar-refractivity contribution in [1.29, 1.82) is 0 Å². The zero-order valence-electron chi connectivity index (χ0n) is 10.6. The Bertz CT molecular complexity index is 619. The summed E-state index contributed by atoms with van der Waals surface area (Å²) in [6, 6.07) is 4.83. The number of ether oxygens (including phenoxy) is 1. The number of nitrogens with two attached hydrogens (primary N) is 1. The lowest BCUT2D eigenvalue weighted by atomic mass is 10.1. The molecule has 1 aromatic carbocycles. The fourth-order valence-corrected chi connectivity index (χ4v) is 2.37. The lowest BCUT2D eigenvalue weighted by Gasteiger charge is -2.14.